The lowest BCUT2D eigenvalue weighted by Gasteiger charge is -2.42. The number of nitrogens with zero attached hydrogens (tertiary/aromatic N) is 2. The van der Waals surface area contributed by atoms with Crippen molar-refractivity contribution in [2.45, 2.75) is 63.6 Å². The molecule has 0 aliphatic carbocycles. The molecule has 2 aliphatic rings. The molecule has 3 heterocycles. The Kier molecular flexibility index (Phi) is 9.02. The van der Waals surface area contributed by atoms with Gasteiger partial charge in [0.2, 0.25) is 0 Å². The van der Waals surface area contributed by atoms with Gasteiger partial charge in [0.05, 0.1) is 41.3 Å². The number of aromatic amines is 2. The lowest BCUT2D eigenvalue weighted by molar-refractivity contribution is -0.231. The molecule has 2 N–H and O–H groups in total. The van der Waals surface area contributed by atoms with Gasteiger partial charge in [-0.05, 0) is 74.3 Å². The molecule has 2 fully saturated rings. The van der Waals surface area contributed by atoms with Gasteiger partial charge in [-0.25, -0.2) is 9.18 Å². The smallest absolute Gasteiger partial charge is 0.349 e. The summed E-state index contributed by atoms with van der Waals surface area (Å²) in [6, 6.07) is 6.09. The first kappa shape index (κ1) is 31.2. The van der Waals surface area contributed by atoms with E-state index in [0.717, 1.165) is 25.9 Å². The second-order valence-corrected chi connectivity index (χ2v) is 10.8. The normalized spacial score (nSPS) is 21.4. The predicted molar refractivity (Wildman–Crippen MR) is 141 cm³/mol. The van der Waals surface area contributed by atoms with Crippen LogP contribution in [0.4, 0.5) is 30.7 Å². The molecular formula is C29H31F7N4O3. The van der Waals surface area contributed by atoms with Gasteiger partial charge in [-0.3, -0.25) is 9.80 Å². The minimum atomic E-state index is -5.01. The van der Waals surface area contributed by atoms with E-state index in [1.807, 2.05) is 4.90 Å². The molecule has 234 valence electrons. The molecule has 0 radical (unpaired) electrons. The average molecular weight is 617 g/mol. The van der Waals surface area contributed by atoms with Crippen molar-refractivity contribution >= 4 is 0 Å². The van der Waals surface area contributed by atoms with Crippen LogP contribution in [0.25, 0.3) is 0 Å². The standard InChI is InChI=1S/C29H31F7N4O3/c1-17(19-12-20(28(31,32)33)14-21(13-19)29(34,35)36)43-26-25(18-4-6-22(30)7-5-18)40(10-11-42-26)16-24-23(37-27(41)38-24)15-39-8-2-3-9-39/h4-7,12-14,17,25-26H,2-3,8-11,15-16H2,1H3,(H2,37,38,41). The number of alkyl halides is 6. The van der Waals surface area contributed by atoms with Gasteiger partial charge in [0, 0.05) is 19.6 Å². The highest BCUT2D eigenvalue weighted by Gasteiger charge is 2.39. The van der Waals surface area contributed by atoms with E-state index in [4.69, 9.17) is 9.47 Å². The minimum Gasteiger partial charge on any atom is -0.349 e. The molecule has 3 unspecified atom stereocenters. The van der Waals surface area contributed by atoms with Gasteiger partial charge in [0.1, 0.15) is 5.82 Å². The summed E-state index contributed by atoms with van der Waals surface area (Å²) in [6.07, 6.45) is -10.3. The highest BCUT2D eigenvalue weighted by atomic mass is 19.4. The third kappa shape index (κ3) is 7.48. The maximum Gasteiger partial charge on any atom is 0.416 e. The largest absolute Gasteiger partial charge is 0.416 e. The number of hydrogen-bond donors (Lipinski definition) is 2. The van der Waals surface area contributed by atoms with Gasteiger partial charge >= 0.3 is 18.0 Å². The van der Waals surface area contributed by atoms with Crippen molar-refractivity contribution in [1.29, 1.82) is 0 Å². The SMILES string of the molecule is CC(OC1OCCN(Cc2[nH]c(=O)[nH]c2CN2CCCC2)C1c1ccc(F)cc1)c1cc(C(F)(F)F)cc(C(F)(F)F)c1. The molecule has 0 spiro atoms. The maximum absolute atomic E-state index is 13.8. The number of morpholine rings is 1. The van der Waals surface area contributed by atoms with Crippen LogP contribution in [0.3, 0.4) is 0 Å². The fourth-order valence-electron chi connectivity index (χ4n) is 5.59. The molecule has 7 nitrogen and oxygen atoms in total. The van der Waals surface area contributed by atoms with Gasteiger partial charge in [-0.1, -0.05) is 12.1 Å². The van der Waals surface area contributed by atoms with Crippen LogP contribution in [0.2, 0.25) is 0 Å². The molecule has 0 bridgehead atoms. The van der Waals surface area contributed by atoms with E-state index < -0.39 is 47.7 Å². The third-order valence-electron chi connectivity index (χ3n) is 7.78. The van der Waals surface area contributed by atoms with Crippen LogP contribution in [0.1, 0.15) is 65.6 Å². The molecule has 0 amide bonds. The summed E-state index contributed by atoms with van der Waals surface area (Å²) in [7, 11) is 0. The lowest BCUT2D eigenvalue weighted by atomic mass is 10.0. The highest BCUT2D eigenvalue weighted by molar-refractivity contribution is 5.35. The fraction of sp³-hybridized carbons (Fsp3) is 0.483. The van der Waals surface area contributed by atoms with E-state index in [1.54, 1.807) is 0 Å². The average Bonchev–Trinajstić information content (AvgIpc) is 3.57. The van der Waals surface area contributed by atoms with Crippen LogP contribution in [-0.2, 0) is 34.9 Å². The fourth-order valence-corrected chi connectivity index (χ4v) is 5.59. The molecule has 0 saturated carbocycles. The van der Waals surface area contributed by atoms with Crippen LogP contribution >= 0.6 is 0 Å². The number of ether oxygens (including phenoxy) is 2. The van der Waals surface area contributed by atoms with Crippen molar-refractivity contribution in [3.63, 3.8) is 0 Å². The van der Waals surface area contributed by atoms with Crippen LogP contribution in [0.5, 0.6) is 0 Å². The van der Waals surface area contributed by atoms with E-state index in [9.17, 15) is 35.5 Å². The molecule has 3 atom stereocenters. The number of aromatic nitrogens is 2. The zero-order chi connectivity index (χ0) is 30.9. The van der Waals surface area contributed by atoms with E-state index in [0.29, 0.717) is 42.2 Å². The maximum atomic E-state index is 13.8. The number of hydrogen-bond acceptors (Lipinski definition) is 5. The summed E-state index contributed by atoms with van der Waals surface area (Å²) in [6.45, 7) is 4.40. The summed E-state index contributed by atoms with van der Waals surface area (Å²) in [5, 5.41) is 0. The minimum absolute atomic E-state index is 0.0633. The Bertz CT molecular complexity index is 1410. The van der Waals surface area contributed by atoms with Gasteiger partial charge in [0.15, 0.2) is 6.29 Å². The third-order valence-corrected chi connectivity index (χ3v) is 7.78. The summed E-state index contributed by atoms with van der Waals surface area (Å²) in [5.74, 6) is -0.496. The second-order valence-electron chi connectivity index (χ2n) is 10.8. The highest BCUT2D eigenvalue weighted by Crippen LogP contribution is 2.40. The zero-order valence-electron chi connectivity index (χ0n) is 23.2. The molecule has 5 rings (SSSR count). The number of H-pyrrole nitrogens is 2. The Balaban J connectivity index is 1.45. The van der Waals surface area contributed by atoms with Gasteiger partial charge in [-0.2, -0.15) is 26.3 Å². The number of likely N-dealkylation sites (tertiary alicyclic amines) is 1. The number of halogens is 7. The zero-order valence-corrected chi connectivity index (χ0v) is 23.2. The lowest BCUT2D eigenvalue weighted by Crippen LogP contribution is -2.46. The number of nitrogens with one attached hydrogen (secondary N) is 2. The Hall–Kier alpha value is -3.20. The molecule has 14 heteroatoms. The van der Waals surface area contributed by atoms with Crippen molar-refractivity contribution in [2.75, 3.05) is 26.2 Å². The monoisotopic (exact) mass is 616 g/mol. The summed E-state index contributed by atoms with van der Waals surface area (Å²) >= 11 is 0. The Morgan fingerprint density at radius 1 is 0.907 bits per heavy atom. The molecule has 2 aromatic carbocycles. The van der Waals surface area contributed by atoms with Gasteiger partial charge < -0.3 is 19.4 Å². The second kappa shape index (κ2) is 12.4. The molecule has 3 aromatic rings. The van der Waals surface area contributed by atoms with Crippen LogP contribution < -0.4 is 5.69 Å². The van der Waals surface area contributed by atoms with Gasteiger partial charge in [-0.15, -0.1) is 0 Å². The van der Waals surface area contributed by atoms with Crippen LogP contribution in [0.15, 0.2) is 47.3 Å². The van der Waals surface area contributed by atoms with E-state index in [-0.39, 0.29) is 30.5 Å². The Morgan fingerprint density at radius 3 is 2.07 bits per heavy atom. The number of benzene rings is 2. The van der Waals surface area contributed by atoms with Crippen molar-refractivity contribution in [2.24, 2.45) is 0 Å². The summed E-state index contributed by atoms with van der Waals surface area (Å²) in [4.78, 5) is 22.1. The van der Waals surface area contributed by atoms with Crippen molar-refractivity contribution < 1.29 is 40.2 Å². The molecule has 43 heavy (non-hydrogen) atoms. The Morgan fingerprint density at radius 2 is 1.49 bits per heavy atom. The molecule has 2 saturated heterocycles. The number of imidazole rings is 1. The predicted octanol–water partition coefficient (Wildman–Crippen LogP) is 6.15. The summed E-state index contributed by atoms with van der Waals surface area (Å²) in [5.41, 5.74) is -1.70. The number of rotatable bonds is 8. The summed E-state index contributed by atoms with van der Waals surface area (Å²) < 4.78 is 107. The Labute approximate surface area is 242 Å². The van der Waals surface area contributed by atoms with Crippen molar-refractivity contribution in [3.05, 3.63) is 92.4 Å². The van der Waals surface area contributed by atoms with Crippen LogP contribution in [0, 0.1) is 5.82 Å². The quantitative estimate of drug-likeness (QED) is 0.297. The molecule has 1 aromatic heterocycles. The van der Waals surface area contributed by atoms with E-state index in [1.165, 1.54) is 31.2 Å². The first-order valence-electron chi connectivity index (χ1n) is 13.9. The van der Waals surface area contributed by atoms with Crippen LogP contribution in [-0.4, -0.2) is 52.3 Å². The molecule has 2 aliphatic heterocycles. The first-order valence-corrected chi connectivity index (χ1v) is 13.9. The van der Waals surface area contributed by atoms with Crippen molar-refractivity contribution in [3.8, 4) is 0 Å². The first-order chi connectivity index (χ1) is 20.3. The van der Waals surface area contributed by atoms with E-state index in [2.05, 4.69) is 14.9 Å². The van der Waals surface area contributed by atoms with Gasteiger partial charge in [0.25, 0.3) is 0 Å². The topological polar surface area (TPSA) is 73.6 Å². The van der Waals surface area contributed by atoms with E-state index >= 15 is 0 Å². The van der Waals surface area contributed by atoms with Crippen molar-refractivity contribution in [1.82, 2.24) is 19.8 Å². The molecular weight excluding hydrogens is 585 g/mol.